The van der Waals surface area contributed by atoms with Crippen LogP contribution < -0.4 is 10.6 Å². The van der Waals surface area contributed by atoms with Crippen molar-refractivity contribution in [3.05, 3.63) is 88.1 Å². The number of halogens is 2. The van der Waals surface area contributed by atoms with Crippen LogP contribution in [0.5, 0.6) is 0 Å². The van der Waals surface area contributed by atoms with E-state index >= 15 is 0 Å². The van der Waals surface area contributed by atoms with Gasteiger partial charge in [0, 0.05) is 31.1 Å². The van der Waals surface area contributed by atoms with E-state index in [1.807, 2.05) is 31.3 Å². The predicted octanol–water partition coefficient (Wildman–Crippen LogP) is 3.91. The Morgan fingerprint density at radius 2 is 1.88 bits per heavy atom. The smallest absolute Gasteiger partial charge is 0.326 e. The fourth-order valence-electron chi connectivity index (χ4n) is 3.31. The number of anilines is 1. The fourth-order valence-corrected chi connectivity index (χ4v) is 3.56. The molecule has 3 aromatic rings. The van der Waals surface area contributed by atoms with Crippen LogP contribution in [0.4, 0.5) is 10.2 Å². The van der Waals surface area contributed by atoms with Gasteiger partial charge in [-0.25, -0.2) is 14.2 Å². The molecule has 0 saturated heterocycles. The number of pyridine rings is 2. The van der Waals surface area contributed by atoms with E-state index in [-0.39, 0.29) is 17.0 Å². The summed E-state index contributed by atoms with van der Waals surface area (Å²) in [5.41, 5.74) is 2.12. The summed E-state index contributed by atoms with van der Waals surface area (Å²) in [4.78, 5) is 32.9. The molecule has 7 nitrogen and oxygen atoms in total. The number of aryl methyl sites for hydroxylation is 2. The molecule has 1 aromatic carbocycles. The Morgan fingerprint density at radius 3 is 2.55 bits per heavy atom. The first-order valence-electron chi connectivity index (χ1n) is 10.4. The van der Waals surface area contributed by atoms with Crippen molar-refractivity contribution >= 4 is 29.3 Å². The van der Waals surface area contributed by atoms with Gasteiger partial charge >= 0.3 is 5.97 Å². The molecule has 172 valence electrons. The number of rotatable bonds is 10. The Labute approximate surface area is 196 Å². The summed E-state index contributed by atoms with van der Waals surface area (Å²) < 4.78 is 14.0. The minimum atomic E-state index is -1.28. The molecule has 9 heteroatoms. The summed E-state index contributed by atoms with van der Waals surface area (Å²) in [6, 6.07) is 12.0. The highest BCUT2D eigenvalue weighted by atomic mass is 35.5. The quantitative estimate of drug-likeness (QED) is 0.415. The maximum atomic E-state index is 14.0. The minimum Gasteiger partial charge on any atom is -0.480 e. The molecule has 0 fully saturated rings. The van der Waals surface area contributed by atoms with E-state index in [2.05, 4.69) is 20.6 Å². The van der Waals surface area contributed by atoms with E-state index < -0.39 is 23.7 Å². The molecule has 0 aliphatic carbocycles. The number of benzene rings is 1. The van der Waals surface area contributed by atoms with Crippen molar-refractivity contribution in [2.45, 2.75) is 31.7 Å². The molecule has 0 unspecified atom stereocenters. The molecule has 1 amide bonds. The first-order chi connectivity index (χ1) is 15.9. The van der Waals surface area contributed by atoms with Gasteiger partial charge in [-0.2, -0.15) is 0 Å². The van der Waals surface area contributed by atoms with E-state index in [0.717, 1.165) is 42.4 Å². The number of carbonyl (C=O) groups excluding carboxylic acids is 1. The Hall–Kier alpha value is -3.52. The molecular formula is C24H24ClFN4O3. The Balaban J connectivity index is 1.57. The third kappa shape index (κ3) is 6.73. The number of amides is 1. The lowest BCUT2D eigenvalue weighted by atomic mass is 10.1. The summed E-state index contributed by atoms with van der Waals surface area (Å²) in [6.45, 7) is 0. The van der Waals surface area contributed by atoms with Crippen LogP contribution in [-0.2, 0) is 24.1 Å². The van der Waals surface area contributed by atoms with E-state index in [0.29, 0.717) is 5.69 Å². The Bertz CT molecular complexity index is 1100. The molecule has 1 atom stereocenters. The number of nitrogens with one attached hydrogen (secondary N) is 2. The topological polar surface area (TPSA) is 104 Å². The second-order valence-electron chi connectivity index (χ2n) is 7.44. The Morgan fingerprint density at radius 1 is 1.09 bits per heavy atom. The number of hydrogen-bond donors (Lipinski definition) is 3. The van der Waals surface area contributed by atoms with Crippen LogP contribution in [0.15, 0.2) is 54.7 Å². The van der Waals surface area contributed by atoms with Crippen molar-refractivity contribution < 1.29 is 19.1 Å². The molecule has 0 radical (unpaired) electrons. The van der Waals surface area contributed by atoms with Gasteiger partial charge in [0.15, 0.2) is 0 Å². The molecule has 0 aliphatic rings. The van der Waals surface area contributed by atoms with Crippen molar-refractivity contribution in [3.63, 3.8) is 0 Å². The molecule has 3 rings (SSSR count). The van der Waals surface area contributed by atoms with Gasteiger partial charge in [0.25, 0.3) is 5.91 Å². The maximum absolute atomic E-state index is 14.0. The standard InChI is InChI=1S/C24H24ClFN4O3/c1-27-21-10-3-7-16(29-21)6-2-5-15-11-12-17(28-14-15)13-20(24(32)33)30-23(31)22-18(25)8-4-9-19(22)26/h3-4,7-12,14,20H,2,5-6,13H2,1H3,(H,27,29)(H,30,31)(H,32,33)/t20-/m0/s1. The van der Waals surface area contributed by atoms with Crippen molar-refractivity contribution in [2.75, 3.05) is 12.4 Å². The number of aromatic nitrogens is 2. The minimum absolute atomic E-state index is 0.0475. The number of carbonyl (C=O) groups is 2. The number of aliphatic carboxylic acids is 1. The van der Waals surface area contributed by atoms with Crippen LogP contribution in [0.2, 0.25) is 5.02 Å². The largest absolute Gasteiger partial charge is 0.480 e. The summed E-state index contributed by atoms with van der Waals surface area (Å²) in [7, 11) is 1.83. The van der Waals surface area contributed by atoms with E-state index in [1.165, 1.54) is 12.1 Å². The van der Waals surface area contributed by atoms with Crippen LogP contribution in [0.3, 0.4) is 0 Å². The van der Waals surface area contributed by atoms with Gasteiger partial charge in [0.1, 0.15) is 17.7 Å². The molecule has 33 heavy (non-hydrogen) atoms. The third-order valence-electron chi connectivity index (χ3n) is 5.05. The second-order valence-corrected chi connectivity index (χ2v) is 7.85. The fraction of sp³-hybridized carbons (Fsp3) is 0.250. The highest BCUT2D eigenvalue weighted by molar-refractivity contribution is 6.33. The van der Waals surface area contributed by atoms with E-state index in [4.69, 9.17) is 11.6 Å². The average molecular weight is 471 g/mol. The average Bonchev–Trinajstić information content (AvgIpc) is 2.79. The molecule has 2 aromatic heterocycles. The molecule has 0 bridgehead atoms. The van der Waals surface area contributed by atoms with Gasteiger partial charge in [0.05, 0.1) is 10.6 Å². The SMILES string of the molecule is CNc1cccc(CCCc2ccc(C[C@H](NC(=O)c3c(F)cccc3Cl)C(=O)O)nc2)n1. The van der Waals surface area contributed by atoms with Crippen molar-refractivity contribution in [1.29, 1.82) is 0 Å². The summed E-state index contributed by atoms with van der Waals surface area (Å²) in [5, 5.41) is 14.8. The van der Waals surface area contributed by atoms with E-state index in [9.17, 15) is 19.1 Å². The number of hydrogen-bond acceptors (Lipinski definition) is 5. The lowest BCUT2D eigenvalue weighted by molar-refractivity contribution is -0.139. The van der Waals surface area contributed by atoms with Crippen molar-refractivity contribution in [3.8, 4) is 0 Å². The number of nitrogens with zero attached hydrogens (tertiary/aromatic N) is 2. The summed E-state index contributed by atoms with van der Waals surface area (Å²) >= 11 is 5.89. The van der Waals surface area contributed by atoms with Gasteiger partial charge in [-0.05, 0) is 55.2 Å². The molecule has 3 N–H and O–H groups in total. The van der Waals surface area contributed by atoms with Gasteiger partial charge < -0.3 is 15.7 Å². The van der Waals surface area contributed by atoms with Gasteiger partial charge in [-0.15, -0.1) is 0 Å². The van der Waals surface area contributed by atoms with Crippen molar-refractivity contribution in [2.24, 2.45) is 0 Å². The van der Waals surface area contributed by atoms with Crippen LogP contribution in [0.25, 0.3) is 0 Å². The van der Waals surface area contributed by atoms with Gasteiger partial charge in [0.2, 0.25) is 0 Å². The molecule has 0 aliphatic heterocycles. The lowest BCUT2D eigenvalue weighted by Gasteiger charge is -2.15. The molecule has 0 saturated carbocycles. The second kappa shape index (κ2) is 11.4. The molecule has 0 spiro atoms. The summed E-state index contributed by atoms with van der Waals surface area (Å²) in [6.07, 6.45) is 4.15. The van der Waals surface area contributed by atoms with Crippen LogP contribution in [0, 0.1) is 5.82 Å². The van der Waals surface area contributed by atoms with Gasteiger partial charge in [-0.3, -0.25) is 9.78 Å². The zero-order valence-electron chi connectivity index (χ0n) is 18.0. The maximum Gasteiger partial charge on any atom is 0.326 e. The van der Waals surface area contributed by atoms with Crippen LogP contribution >= 0.6 is 11.6 Å². The first kappa shape index (κ1) is 24.1. The lowest BCUT2D eigenvalue weighted by Crippen LogP contribution is -2.42. The zero-order chi connectivity index (χ0) is 23.8. The van der Waals surface area contributed by atoms with Gasteiger partial charge in [-0.1, -0.05) is 29.8 Å². The van der Waals surface area contributed by atoms with Crippen molar-refractivity contribution in [1.82, 2.24) is 15.3 Å². The third-order valence-corrected chi connectivity index (χ3v) is 5.37. The van der Waals surface area contributed by atoms with E-state index in [1.54, 1.807) is 12.3 Å². The normalized spacial score (nSPS) is 11.6. The molecular weight excluding hydrogens is 447 g/mol. The van der Waals surface area contributed by atoms with Crippen LogP contribution in [-0.4, -0.2) is 40.0 Å². The van der Waals surface area contributed by atoms with Crippen LogP contribution in [0.1, 0.15) is 33.7 Å². The first-order valence-corrected chi connectivity index (χ1v) is 10.8. The highest BCUT2D eigenvalue weighted by Crippen LogP contribution is 2.19. The molecule has 2 heterocycles. The Kier molecular flexibility index (Phi) is 8.32. The monoisotopic (exact) mass is 470 g/mol. The number of carboxylic acid groups (broad SMARTS) is 1. The zero-order valence-corrected chi connectivity index (χ0v) is 18.8. The predicted molar refractivity (Wildman–Crippen MR) is 124 cm³/mol. The highest BCUT2D eigenvalue weighted by Gasteiger charge is 2.24. The number of carboxylic acids is 1. The summed E-state index contributed by atoms with van der Waals surface area (Å²) in [5.74, 6) is -2.13.